The molecule has 4 rings (SSSR count). The highest BCUT2D eigenvalue weighted by Crippen LogP contribution is 2.36. The van der Waals surface area contributed by atoms with Crippen molar-refractivity contribution < 1.29 is 18.3 Å². The second kappa shape index (κ2) is 9.52. The molecule has 1 N–H and O–H groups in total. The van der Waals surface area contributed by atoms with E-state index in [0.29, 0.717) is 43.1 Å². The maximum atomic E-state index is 14.0. The molecule has 1 aliphatic rings. The minimum absolute atomic E-state index is 0.0155. The Morgan fingerprint density at radius 1 is 1.31 bits per heavy atom. The number of carbonyl (C=O) groups is 1. The maximum Gasteiger partial charge on any atom is 0.289 e. The molecular formula is C25H30F2N6O2. The molecule has 0 saturated heterocycles. The fourth-order valence-electron chi connectivity index (χ4n) is 4.35. The topological polar surface area (TPSA) is 77.2 Å². The van der Waals surface area contributed by atoms with E-state index in [1.807, 2.05) is 23.7 Å². The lowest BCUT2D eigenvalue weighted by atomic mass is 10.0. The number of rotatable bonds is 8. The van der Waals surface area contributed by atoms with Crippen LogP contribution >= 0.6 is 0 Å². The summed E-state index contributed by atoms with van der Waals surface area (Å²) in [5, 5.41) is 12.1. The Morgan fingerprint density at radius 2 is 2.03 bits per heavy atom. The van der Waals surface area contributed by atoms with Crippen LogP contribution in [-0.4, -0.2) is 43.5 Å². The smallest absolute Gasteiger partial charge is 0.289 e. The zero-order valence-electron chi connectivity index (χ0n) is 20.4. The number of hydrogen-bond donors (Lipinski definition) is 1. The summed E-state index contributed by atoms with van der Waals surface area (Å²) in [4.78, 5) is 13.8. The van der Waals surface area contributed by atoms with E-state index in [1.165, 1.54) is 10.9 Å². The number of nitrogens with one attached hydrogen (secondary N) is 1. The van der Waals surface area contributed by atoms with Crippen LogP contribution in [0.25, 0.3) is 11.1 Å². The Balaban J connectivity index is 1.63. The molecule has 10 heteroatoms. The molecule has 0 aliphatic carbocycles. The molecule has 3 aromatic rings. The number of anilines is 2. The van der Waals surface area contributed by atoms with E-state index in [2.05, 4.69) is 17.0 Å². The Hall–Kier alpha value is -3.69. The molecule has 2 aromatic heterocycles. The highest BCUT2D eigenvalue weighted by atomic mass is 19.3. The largest absolute Gasteiger partial charge is 0.500 e. The van der Waals surface area contributed by atoms with Gasteiger partial charge < -0.3 is 15.0 Å². The summed E-state index contributed by atoms with van der Waals surface area (Å²) in [5.41, 5.74) is 3.55. The Labute approximate surface area is 203 Å². The third-order valence-corrected chi connectivity index (χ3v) is 6.11. The van der Waals surface area contributed by atoms with Gasteiger partial charge >= 0.3 is 0 Å². The van der Waals surface area contributed by atoms with Crippen LogP contribution in [0.2, 0.25) is 0 Å². The summed E-state index contributed by atoms with van der Waals surface area (Å²) in [5.74, 6) is -2.37. The van der Waals surface area contributed by atoms with Gasteiger partial charge in [0.2, 0.25) is 5.91 Å². The van der Waals surface area contributed by atoms with E-state index in [9.17, 15) is 13.6 Å². The van der Waals surface area contributed by atoms with Gasteiger partial charge in [-0.3, -0.25) is 14.2 Å². The summed E-state index contributed by atoms with van der Waals surface area (Å²) in [6, 6.07) is 7.17. The van der Waals surface area contributed by atoms with Crippen molar-refractivity contribution in [1.82, 2.24) is 24.5 Å². The average molecular weight is 485 g/mol. The molecule has 0 saturated carbocycles. The van der Waals surface area contributed by atoms with Gasteiger partial charge in [0.1, 0.15) is 12.3 Å². The number of amides is 1. The van der Waals surface area contributed by atoms with Crippen molar-refractivity contribution in [1.29, 1.82) is 0 Å². The van der Waals surface area contributed by atoms with Gasteiger partial charge in [0.25, 0.3) is 5.92 Å². The number of aryl methyl sites for hydroxylation is 1. The first kappa shape index (κ1) is 24.4. The second-order valence-electron chi connectivity index (χ2n) is 8.91. The number of ether oxygens (including phenoxy) is 1. The summed E-state index contributed by atoms with van der Waals surface area (Å²) in [7, 11) is 1.62. The van der Waals surface area contributed by atoms with Gasteiger partial charge in [-0.25, -0.2) is 0 Å². The zero-order chi connectivity index (χ0) is 25.3. The first-order valence-electron chi connectivity index (χ1n) is 11.5. The van der Waals surface area contributed by atoms with Gasteiger partial charge in [-0.2, -0.15) is 19.0 Å². The Bertz CT molecular complexity index is 1230. The van der Waals surface area contributed by atoms with E-state index in [1.54, 1.807) is 37.2 Å². The number of fused-ring (bicyclic) bond motifs is 1. The number of alkyl halides is 2. The number of benzene rings is 1. The molecule has 1 amide bonds. The van der Waals surface area contributed by atoms with Crippen LogP contribution in [0, 0.1) is 0 Å². The molecule has 0 bridgehead atoms. The number of carbonyl (C=O) groups excluding carboxylic acids is 1. The molecule has 35 heavy (non-hydrogen) atoms. The molecule has 1 atom stereocenters. The van der Waals surface area contributed by atoms with Crippen LogP contribution in [0.1, 0.15) is 43.8 Å². The van der Waals surface area contributed by atoms with Crippen LogP contribution in [0.15, 0.2) is 43.3 Å². The second-order valence-corrected chi connectivity index (χ2v) is 8.91. The van der Waals surface area contributed by atoms with Crippen molar-refractivity contribution in [2.75, 3.05) is 18.5 Å². The molecule has 3 heterocycles. The maximum absolute atomic E-state index is 14.0. The van der Waals surface area contributed by atoms with E-state index in [0.717, 1.165) is 23.9 Å². The fraction of sp³-hybridized carbons (Fsp3) is 0.400. The summed E-state index contributed by atoms with van der Waals surface area (Å²) in [6.07, 6.45) is 3.69. The molecule has 0 spiro atoms. The molecular weight excluding hydrogens is 454 g/mol. The quantitative estimate of drug-likeness (QED) is 0.467. The van der Waals surface area contributed by atoms with Crippen LogP contribution < -0.4 is 5.32 Å². The summed E-state index contributed by atoms with van der Waals surface area (Å²) >= 11 is 0. The van der Waals surface area contributed by atoms with E-state index >= 15 is 0 Å². The molecule has 0 radical (unpaired) electrons. The standard InChI is InChI=1S/C25H30F2N6O2/c1-6-35-15-16(2)33-22-11-12-32(17(3)34)14-21(22)24(30-33)28-19-9-7-18(8-10-19)20-13-31(5)29-23(20)25(4,26)27/h6-10,13,16H,1,11-12,14-15H2,2-5H3,(H,28,30). The first-order chi connectivity index (χ1) is 16.6. The van der Waals surface area contributed by atoms with Crippen molar-refractivity contribution in [3.63, 3.8) is 0 Å². The lowest BCUT2D eigenvalue weighted by Gasteiger charge is -2.27. The summed E-state index contributed by atoms with van der Waals surface area (Å²) in [6.45, 7) is 9.55. The van der Waals surface area contributed by atoms with Gasteiger partial charge in [0.05, 0.1) is 18.8 Å². The van der Waals surface area contributed by atoms with Crippen molar-refractivity contribution in [2.45, 2.75) is 45.7 Å². The van der Waals surface area contributed by atoms with E-state index in [4.69, 9.17) is 9.84 Å². The van der Waals surface area contributed by atoms with Crippen molar-refractivity contribution >= 4 is 17.4 Å². The minimum Gasteiger partial charge on any atom is -0.500 e. The number of halogens is 2. The molecule has 186 valence electrons. The van der Waals surface area contributed by atoms with Gasteiger partial charge in [-0.05, 0) is 24.6 Å². The average Bonchev–Trinajstić information content (AvgIpc) is 3.38. The van der Waals surface area contributed by atoms with E-state index < -0.39 is 5.92 Å². The van der Waals surface area contributed by atoms with Gasteiger partial charge in [0, 0.05) is 62.6 Å². The zero-order valence-corrected chi connectivity index (χ0v) is 20.4. The summed E-state index contributed by atoms with van der Waals surface area (Å²) < 4.78 is 36.8. The molecule has 1 unspecified atom stereocenters. The van der Waals surface area contributed by atoms with E-state index in [-0.39, 0.29) is 17.6 Å². The SMILES string of the molecule is C=COCC(C)n1nc(Nc2ccc(-c3cn(C)nc3C(C)(F)F)cc2)c2c1CCN(C(C)=O)C2. The first-order valence-corrected chi connectivity index (χ1v) is 11.5. The van der Waals surface area contributed by atoms with Gasteiger partial charge in [-0.15, -0.1) is 0 Å². The van der Waals surface area contributed by atoms with Crippen molar-refractivity contribution in [3.8, 4) is 11.1 Å². The molecule has 1 aliphatic heterocycles. The molecule has 8 nitrogen and oxygen atoms in total. The predicted molar refractivity (Wildman–Crippen MR) is 129 cm³/mol. The van der Waals surface area contributed by atoms with Crippen LogP contribution in [0.5, 0.6) is 0 Å². The van der Waals surface area contributed by atoms with Crippen molar-refractivity contribution in [2.24, 2.45) is 7.05 Å². The van der Waals surface area contributed by atoms with Crippen LogP contribution in [0.3, 0.4) is 0 Å². The Morgan fingerprint density at radius 3 is 2.66 bits per heavy atom. The van der Waals surface area contributed by atoms with Crippen LogP contribution in [0.4, 0.5) is 20.3 Å². The lowest BCUT2D eigenvalue weighted by Crippen LogP contribution is -2.35. The van der Waals surface area contributed by atoms with Gasteiger partial charge in [-0.1, -0.05) is 18.7 Å². The van der Waals surface area contributed by atoms with Crippen molar-refractivity contribution in [3.05, 3.63) is 60.3 Å². The highest BCUT2D eigenvalue weighted by molar-refractivity contribution is 5.74. The number of hydrogen-bond acceptors (Lipinski definition) is 5. The minimum atomic E-state index is -3.05. The lowest BCUT2D eigenvalue weighted by molar-refractivity contribution is -0.129. The molecule has 0 fully saturated rings. The Kier molecular flexibility index (Phi) is 6.64. The monoisotopic (exact) mass is 484 g/mol. The molecule has 1 aromatic carbocycles. The fourth-order valence-corrected chi connectivity index (χ4v) is 4.35. The third kappa shape index (κ3) is 5.06. The normalized spacial score (nSPS) is 14.4. The van der Waals surface area contributed by atoms with Crippen LogP contribution in [-0.2, 0) is 35.5 Å². The van der Waals surface area contributed by atoms with Gasteiger partial charge in [0.15, 0.2) is 5.82 Å². The third-order valence-electron chi connectivity index (χ3n) is 6.11. The number of aromatic nitrogens is 4. The number of nitrogens with zero attached hydrogens (tertiary/aromatic N) is 5. The highest BCUT2D eigenvalue weighted by Gasteiger charge is 2.32. The predicted octanol–water partition coefficient (Wildman–Crippen LogP) is 4.76.